The second kappa shape index (κ2) is 6.85. The van der Waals surface area contributed by atoms with E-state index < -0.39 is 0 Å². The number of nitro groups is 1. The van der Waals surface area contributed by atoms with E-state index in [1.807, 2.05) is 37.3 Å². The van der Waals surface area contributed by atoms with E-state index in [9.17, 15) is 10.1 Å². The summed E-state index contributed by atoms with van der Waals surface area (Å²) in [7, 11) is 0. The number of nitrogens with one attached hydrogen (secondary N) is 1. The summed E-state index contributed by atoms with van der Waals surface area (Å²) in [5.41, 5.74) is 3.54. The average Bonchev–Trinajstić information content (AvgIpc) is 2.49. The molecule has 2 rings (SSSR count). The van der Waals surface area contributed by atoms with Crippen LogP contribution >= 0.6 is 0 Å². The Morgan fingerprint density at radius 3 is 2.43 bits per heavy atom. The van der Waals surface area contributed by atoms with Crippen LogP contribution < -0.4 is 5.32 Å². The third kappa shape index (κ3) is 3.79. The van der Waals surface area contributed by atoms with Crippen LogP contribution in [-0.4, -0.2) is 16.6 Å². The molecule has 0 saturated heterocycles. The van der Waals surface area contributed by atoms with Gasteiger partial charge in [0.1, 0.15) is 5.69 Å². The molecule has 0 aliphatic carbocycles. The molecule has 110 valence electrons. The van der Waals surface area contributed by atoms with E-state index in [2.05, 4.69) is 5.32 Å². The Bertz CT molecular complexity index is 624. The van der Waals surface area contributed by atoms with Crippen molar-refractivity contribution in [1.82, 2.24) is 0 Å². The minimum atomic E-state index is -0.370. The third-order valence-electron chi connectivity index (χ3n) is 3.37. The van der Waals surface area contributed by atoms with Crippen LogP contribution in [0.2, 0.25) is 0 Å². The number of rotatable bonds is 6. The van der Waals surface area contributed by atoms with Gasteiger partial charge in [-0.05, 0) is 30.0 Å². The molecule has 0 aromatic heterocycles. The Hall–Kier alpha value is -2.40. The quantitative estimate of drug-likeness (QED) is 0.632. The van der Waals surface area contributed by atoms with Crippen molar-refractivity contribution < 1.29 is 10.0 Å². The monoisotopic (exact) mass is 286 g/mol. The number of hydrogen-bond acceptors (Lipinski definition) is 4. The molecule has 0 atom stereocenters. The molecule has 21 heavy (non-hydrogen) atoms. The first-order valence-corrected chi connectivity index (χ1v) is 6.78. The number of anilines is 1. The standard InChI is InChI=1S/C16H18N2O3/c1-12-3-2-4-15(18(20)21)16(12)17-10-9-13-5-7-14(11-19)8-6-13/h2-8,17,19H,9-11H2,1H3. The van der Waals surface area contributed by atoms with Crippen molar-refractivity contribution in [1.29, 1.82) is 0 Å². The summed E-state index contributed by atoms with van der Waals surface area (Å²) >= 11 is 0. The molecule has 0 bridgehead atoms. The van der Waals surface area contributed by atoms with Crippen LogP contribution in [0.5, 0.6) is 0 Å². The third-order valence-corrected chi connectivity index (χ3v) is 3.37. The fourth-order valence-electron chi connectivity index (χ4n) is 2.18. The van der Waals surface area contributed by atoms with E-state index >= 15 is 0 Å². The van der Waals surface area contributed by atoms with Crippen LogP contribution in [0.4, 0.5) is 11.4 Å². The SMILES string of the molecule is Cc1cccc([N+](=O)[O-])c1NCCc1ccc(CO)cc1. The lowest BCUT2D eigenvalue weighted by Crippen LogP contribution is -2.08. The van der Waals surface area contributed by atoms with Crippen molar-refractivity contribution in [3.63, 3.8) is 0 Å². The van der Waals surface area contributed by atoms with Gasteiger partial charge in [-0.15, -0.1) is 0 Å². The molecule has 0 fully saturated rings. The highest BCUT2D eigenvalue weighted by Crippen LogP contribution is 2.27. The molecule has 0 saturated carbocycles. The Labute approximate surface area is 123 Å². The Balaban J connectivity index is 2.01. The first kappa shape index (κ1) is 15.0. The van der Waals surface area contributed by atoms with Gasteiger partial charge in [0.2, 0.25) is 0 Å². The van der Waals surface area contributed by atoms with E-state index in [1.54, 1.807) is 6.07 Å². The summed E-state index contributed by atoms with van der Waals surface area (Å²) in [6, 6.07) is 12.7. The number of aryl methyl sites for hydroxylation is 1. The smallest absolute Gasteiger partial charge is 0.292 e. The zero-order chi connectivity index (χ0) is 15.2. The summed E-state index contributed by atoms with van der Waals surface area (Å²) in [4.78, 5) is 10.6. The van der Waals surface area contributed by atoms with Crippen LogP contribution in [0.25, 0.3) is 0 Å². The molecule has 0 radical (unpaired) electrons. The van der Waals surface area contributed by atoms with Gasteiger partial charge in [-0.25, -0.2) is 0 Å². The van der Waals surface area contributed by atoms with Crippen LogP contribution in [0.3, 0.4) is 0 Å². The first-order valence-electron chi connectivity index (χ1n) is 6.78. The number of nitrogens with zero attached hydrogens (tertiary/aromatic N) is 1. The van der Waals surface area contributed by atoms with Gasteiger partial charge in [-0.1, -0.05) is 36.4 Å². The van der Waals surface area contributed by atoms with Crippen molar-refractivity contribution in [2.75, 3.05) is 11.9 Å². The van der Waals surface area contributed by atoms with Crippen molar-refractivity contribution in [2.45, 2.75) is 20.0 Å². The van der Waals surface area contributed by atoms with E-state index in [-0.39, 0.29) is 17.2 Å². The molecule has 2 aromatic rings. The van der Waals surface area contributed by atoms with Crippen molar-refractivity contribution >= 4 is 11.4 Å². The number of para-hydroxylation sites is 1. The van der Waals surface area contributed by atoms with E-state index in [4.69, 9.17) is 5.11 Å². The Morgan fingerprint density at radius 1 is 1.14 bits per heavy atom. The fourth-order valence-corrected chi connectivity index (χ4v) is 2.18. The van der Waals surface area contributed by atoms with E-state index in [1.165, 1.54) is 6.07 Å². The molecule has 2 N–H and O–H groups in total. The van der Waals surface area contributed by atoms with E-state index in [0.29, 0.717) is 12.2 Å². The lowest BCUT2D eigenvalue weighted by Gasteiger charge is -2.10. The van der Waals surface area contributed by atoms with Gasteiger partial charge in [0.25, 0.3) is 5.69 Å². The van der Waals surface area contributed by atoms with Gasteiger partial charge in [-0.2, -0.15) is 0 Å². The summed E-state index contributed by atoms with van der Waals surface area (Å²) in [5.74, 6) is 0. The number of aliphatic hydroxyl groups excluding tert-OH is 1. The lowest BCUT2D eigenvalue weighted by molar-refractivity contribution is -0.384. The first-order chi connectivity index (χ1) is 10.1. The summed E-state index contributed by atoms with van der Waals surface area (Å²) in [5, 5.41) is 23.2. The normalized spacial score (nSPS) is 10.4. The average molecular weight is 286 g/mol. The Kier molecular flexibility index (Phi) is 4.90. The minimum Gasteiger partial charge on any atom is -0.392 e. The molecule has 0 aliphatic heterocycles. The zero-order valence-electron chi connectivity index (χ0n) is 11.9. The molecule has 5 heteroatoms. The van der Waals surface area contributed by atoms with Crippen molar-refractivity contribution in [3.05, 3.63) is 69.3 Å². The van der Waals surface area contributed by atoms with Gasteiger partial charge < -0.3 is 10.4 Å². The van der Waals surface area contributed by atoms with Crippen LogP contribution in [-0.2, 0) is 13.0 Å². The second-order valence-electron chi connectivity index (χ2n) is 4.88. The topological polar surface area (TPSA) is 75.4 Å². The van der Waals surface area contributed by atoms with Gasteiger partial charge in [0, 0.05) is 12.6 Å². The Morgan fingerprint density at radius 2 is 1.81 bits per heavy atom. The van der Waals surface area contributed by atoms with Crippen LogP contribution in [0.1, 0.15) is 16.7 Å². The number of benzene rings is 2. The maximum atomic E-state index is 11.0. The highest BCUT2D eigenvalue weighted by molar-refractivity contribution is 5.65. The molecule has 2 aromatic carbocycles. The highest BCUT2D eigenvalue weighted by atomic mass is 16.6. The molecule has 0 amide bonds. The van der Waals surface area contributed by atoms with Crippen LogP contribution in [0, 0.1) is 17.0 Å². The second-order valence-corrected chi connectivity index (χ2v) is 4.88. The zero-order valence-corrected chi connectivity index (χ0v) is 11.9. The number of nitro benzene ring substituents is 1. The number of hydrogen-bond donors (Lipinski definition) is 2. The van der Waals surface area contributed by atoms with Gasteiger partial charge in [0.05, 0.1) is 11.5 Å². The number of aliphatic hydroxyl groups is 1. The molecule has 0 spiro atoms. The summed E-state index contributed by atoms with van der Waals surface area (Å²) in [6.45, 7) is 2.50. The van der Waals surface area contributed by atoms with E-state index in [0.717, 1.165) is 23.1 Å². The van der Waals surface area contributed by atoms with Gasteiger partial charge in [-0.3, -0.25) is 10.1 Å². The predicted octanol–water partition coefficient (Wildman–Crippen LogP) is 3.05. The molecular formula is C16H18N2O3. The summed E-state index contributed by atoms with van der Waals surface area (Å²) in [6.07, 6.45) is 0.761. The summed E-state index contributed by atoms with van der Waals surface area (Å²) < 4.78 is 0. The van der Waals surface area contributed by atoms with Gasteiger partial charge >= 0.3 is 0 Å². The van der Waals surface area contributed by atoms with Crippen LogP contribution in [0.15, 0.2) is 42.5 Å². The van der Waals surface area contributed by atoms with Gasteiger partial charge in [0.15, 0.2) is 0 Å². The van der Waals surface area contributed by atoms with Crippen molar-refractivity contribution in [2.24, 2.45) is 0 Å². The lowest BCUT2D eigenvalue weighted by atomic mass is 10.1. The fraction of sp³-hybridized carbons (Fsp3) is 0.250. The predicted molar refractivity (Wildman–Crippen MR) is 82.4 cm³/mol. The maximum Gasteiger partial charge on any atom is 0.292 e. The largest absolute Gasteiger partial charge is 0.392 e. The molecule has 0 heterocycles. The molecule has 5 nitrogen and oxygen atoms in total. The highest BCUT2D eigenvalue weighted by Gasteiger charge is 2.14. The maximum absolute atomic E-state index is 11.0. The van der Waals surface area contributed by atoms with Crippen molar-refractivity contribution in [3.8, 4) is 0 Å². The molecular weight excluding hydrogens is 268 g/mol. The molecule has 0 aliphatic rings. The minimum absolute atomic E-state index is 0.0356. The molecule has 0 unspecified atom stereocenters.